The summed E-state index contributed by atoms with van der Waals surface area (Å²) in [5, 5.41) is 0. The summed E-state index contributed by atoms with van der Waals surface area (Å²) in [5.74, 6) is 0. The maximum absolute atomic E-state index is 13.0. The van der Waals surface area contributed by atoms with Crippen LogP contribution >= 0.6 is 0 Å². The van der Waals surface area contributed by atoms with Crippen LogP contribution in [-0.4, -0.2) is 12.3 Å². The summed E-state index contributed by atoms with van der Waals surface area (Å²) in [6, 6.07) is 1.61. The van der Waals surface area contributed by atoms with Crippen LogP contribution in [0.1, 0.15) is 30.0 Å². The molecule has 21 heavy (non-hydrogen) atoms. The van der Waals surface area contributed by atoms with E-state index in [1.807, 2.05) is 6.92 Å². The standard InChI is InChI=1S/C14H11F6N/c1-2-8-5-12(21-7-8)10-4-3-9(13(15,16)17)6-11(10)14(18,19)20/h3-6H,2,7H2,1H3. The van der Waals surface area contributed by atoms with Gasteiger partial charge in [0, 0.05) is 5.56 Å². The summed E-state index contributed by atoms with van der Waals surface area (Å²) >= 11 is 0. The first-order chi connectivity index (χ1) is 9.63. The molecule has 0 aromatic heterocycles. The molecule has 0 amide bonds. The van der Waals surface area contributed by atoms with Gasteiger partial charge in [-0.25, -0.2) is 0 Å². The molecular formula is C14H11F6N. The monoisotopic (exact) mass is 307 g/mol. The normalized spacial score (nSPS) is 16.0. The lowest BCUT2D eigenvalue weighted by Gasteiger charge is -2.15. The molecule has 7 heteroatoms. The molecule has 2 rings (SSSR count). The van der Waals surface area contributed by atoms with Crippen molar-refractivity contribution < 1.29 is 26.3 Å². The van der Waals surface area contributed by atoms with Crippen LogP contribution in [0.15, 0.2) is 34.8 Å². The van der Waals surface area contributed by atoms with Gasteiger partial charge in [0.05, 0.1) is 23.4 Å². The highest BCUT2D eigenvalue weighted by atomic mass is 19.4. The minimum atomic E-state index is -4.87. The van der Waals surface area contributed by atoms with Gasteiger partial charge in [-0.3, -0.25) is 4.99 Å². The first kappa shape index (κ1) is 15.6. The second-order valence-electron chi connectivity index (χ2n) is 4.61. The van der Waals surface area contributed by atoms with Crippen molar-refractivity contribution in [2.24, 2.45) is 4.99 Å². The molecule has 114 valence electrons. The van der Waals surface area contributed by atoms with Crippen LogP contribution in [0.3, 0.4) is 0 Å². The van der Waals surface area contributed by atoms with E-state index in [0.717, 1.165) is 11.6 Å². The largest absolute Gasteiger partial charge is 0.417 e. The number of halogens is 6. The predicted molar refractivity (Wildman–Crippen MR) is 66.2 cm³/mol. The predicted octanol–water partition coefficient (Wildman–Crippen LogP) is 4.86. The Balaban J connectivity index is 2.55. The highest BCUT2D eigenvalue weighted by Crippen LogP contribution is 2.38. The number of benzene rings is 1. The molecular weight excluding hydrogens is 296 g/mol. The smallest absolute Gasteiger partial charge is 0.280 e. The second kappa shape index (κ2) is 5.20. The van der Waals surface area contributed by atoms with Gasteiger partial charge >= 0.3 is 12.4 Å². The zero-order valence-corrected chi connectivity index (χ0v) is 10.9. The molecule has 0 unspecified atom stereocenters. The minimum absolute atomic E-state index is 0.0768. The number of allylic oxidation sites excluding steroid dienone is 1. The molecule has 1 heterocycles. The second-order valence-corrected chi connectivity index (χ2v) is 4.61. The zero-order chi connectivity index (χ0) is 15.8. The van der Waals surface area contributed by atoms with E-state index in [0.29, 0.717) is 12.5 Å². The van der Waals surface area contributed by atoms with Crippen LogP contribution in [0.2, 0.25) is 0 Å². The van der Waals surface area contributed by atoms with Crippen molar-refractivity contribution in [2.45, 2.75) is 25.7 Å². The third kappa shape index (κ3) is 3.28. The van der Waals surface area contributed by atoms with E-state index in [2.05, 4.69) is 4.99 Å². The van der Waals surface area contributed by atoms with Crippen molar-refractivity contribution >= 4 is 5.71 Å². The average Bonchev–Trinajstić information content (AvgIpc) is 2.84. The number of rotatable bonds is 2. The van der Waals surface area contributed by atoms with E-state index in [-0.39, 0.29) is 23.9 Å². The number of hydrogen-bond acceptors (Lipinski definition) is 1. The van der Waals surface area contributed by atoms with Crippen molar-refractivity contribution in [3.63, 3.8) is 0 Å². The summed E-state index contributed by atoms with van der Waals surface area (Å²) in [7, 11) is 0. The summed E-state index contributed by atoms with van der Waals surface area (Å²) < 4.78 is 76.7. The molecule has 0 fully saturated rings. The van der Waals surface area contributed by atoms with Gasteiger partial charge in [0.25, 0.3) is 0 Å². The maximum Gasteiger partial charge on any atom is 0.417 e. The van der Waals surface area contributed by atoms with E-state index in [1.54, 1.807) is 0 Å². The summed E-state index contributed by atoms with van der Waals surface area (Å²) in [6.07, 6.45) is -7.56. The molecule has 0 spiro atoms. The van der Waals surface area contributed by atoms with Crippen LogP contribution < -0.4 is 0 Å². The van der Waals surface area contributed by atoms with Crippen molar-refractivity contribution in [1.29, 1.82) is 0 Å². The fourth-order valence-electron chi connectivity index (χ4n) is 2.03. The lowest BCUT2D eigenvalue weighted by Crippen LogP contribution is -2.15. The zero-order valence-electron chi connectivity index (χ0n) is 10.9. The first-order valence-corrected chi connectivity index (χ1v) is 6.15. The Morgan fingerprint density at radius 3 is 2.19 bits per heavy atom. The molecule has 0 atom stereocenters. The minimum Gasteiger partial charge on any atom is -0.280 e. The fourth-order valence-corrected chi connectivity index (χ4v) is 2.03. The van der Waals surface area contributed by atoms with Gasteiger partial charge in [0.15, 0.2) is 0 Å². The van der Waals surface area contributed by atoms with Gasteiger partial charge < -0.3 is 0 Å². The topological polar surface area (TPSA) is 12.4 Å². The summed E-state index contributed by atoms with van der Waals surface area (Å²) in [4.78, 5) is 3.97. The molecule has 0 aliphatic carbocycles. The SMILES string of the molecule is CCC1=CC(c2ccc(C(F)(F)F)cc2C(F)(F)F)=NC1. The van der Waals surface area contributed by atoms with E-state index in [9.17, 15) is 26.3 Å². The maximum atomic E-state index is 13.0. The molecule has 1 aliphatic heterocycles. The lowest BCUT2D eigenvalue weighted by atomic mass is 9.98. The molecule has 0 saturated heterocycles. The third-order valence-electron chi connectivity index (χ3n) is 3.18. The van der Waals surface area contributed by atoms with Gasteiger partial charge in [-0.15, -0.1) is 0 Å². The molecule has 1 nitrogen and oxygen atoms in total. The molecule has 1 aliphatic rings. The highest BCUT2D eigenvalue weighted by Gasteiger charge is 2.38. The van der Waals surface area contributed by atoms with Gasteiger partial charge in [0.2, 0.25) is 0 Å². The van der Waals surface area contributed by atoms with E-state index in [1.165, 1.54) is 6.08 Å². The Morgan fingerprint density at radius 1 is 1.05 bits per heavy atom. The Labute approximate surface area is 117 Å². The van der Waals surface area contributed by atoms with Crippen molar-refractivity contribution in [3.05, 3.63) is 46.5 Å². The molecule has 0 saturated carbocycles. The van der Waals surface area contributed by atoms with Crippen LogP contribution in [0.25, 0.3) is 0 Å². The van der Waals surface area contributed by atoms with Crippen LogP contribution in [0, 0.1) is 0 Å². The Morgan fingerprint density at radius 2 is 1.71 bits per heavy atom. The van der Waals surface area contributed by atoms with Crippen molar-refractivity contribution in [3.8, 4) is 0 Å². The lowest BCUT2D eigenvalue weighted by molar-refractivity contribution is -0.143. The van der Waals surface area contributed by atoms with Crippen LogP contribution in [-0.2, 0) is 12.4 Å². The molecule has 1 aromatic rings. The van der Waals surface area contributed by atoms with Gasteiger partial charge in [-0.05, 0) is 30.2 Å². The Hall–Kier alpha value is -1.79. The van der Waals surface area contributed by atoms with Gasteiger partial charge in [-0.2, -0.15) is 26.3 Å². The van der Waals surface area contributed by atoms with E-state index in [4.69, 9.17) is 0 Å². The van der Waals surface area contributed by atoms with Gasteiger partial charge in [-0.1, -0.05) is 13.0 Å². The van der Waals surface area contributed by atoms with Crippen LogP contribution in [0.4, 0.5) is 26.3 Å². The number of aliphatic imine (C=N–C) groups is 1. The fraction of sp³-hybridized carbons (Fsp3) is 0.357. The van der Waals surface area contributed by atoms with E-state index < -0.39 is 23.5 Å². The number of hydrogen-bond donors (Lipinski definition) is 0. The van der Waals surface area contributed by atoms with Crippen LogP contribution in [0.5, 0.6) is 0 Å². The Bertz CT molecular complexity index is 607. The van der Waals surface area contributed by atoms with Crippen molar-refractivity contribution in [2.75, 3.05) is 6.54 Å². The van der Waals surface area contributed by atoms with E-state index >= 15 is 0 Å². The summed E-state index contributed by atoms with van der Waals surface area (Å²) in [5.41, 5.74) is -2.04. The van der Waals surface area contributed by atoms with Gasteiger partial charge in [0.1, 0.15) is 0 Å². The molecule has 0 bridgehead atoms. The summed E-state index contributed by atoms with van der Waals surface area (Å²) in [6.45, 7) is 2.12. The average molecular weight is 307 g/mol. The number of nitrogens with zero attached hydrogens (tertiary/aromatic N) is 1. The van der Waals surface area contributed by atoms with Crippen molar-refractivity contribution in [1.82, 2.24) is 0 Å². The molecule has 0 radical (unpaired) electrons. The molecule has 0 N–H and O–H groups in total. The third-order valence-corrected chi connectivity index (χ3v) is 3.18. The Kier molecular flexibility index (Phi) is 3.86. The first-order valence-electron chi connectivity index (χ1n) is 6.15. The number of alkyl halides is 6. The quantitative estimate of drug-likeness (QED) is 0.692. The molecule has 1 aromatic carbocycles. The highest BCUT2D eigenvalue weighted by molar-refractivity contribution is 6.11.